The Labute approximate surface area is 307 Å². The van der Waals surface area contributed by atoms with Crippen molar-refractivity contribution in [2.24, 2.45) is 0 Å². The SMILES string of the molecule is CC(=O)O.CC(=O)O.CCCCCCCCCCC.CCCCCCCCCCCCCCCCOC(=O)COc1cccc2c1CCCC2. The van der Waals surface area contributed by atoms with Crippen molar-refractivity contribution in [2.45, 2.75) is 208 Å². The number of carboxylic acid groups (broad SMARTS) is 2. The fourth-order valence-electron chi connectivity index (χ4n) is 5.93. The molecule has 1 aromatic carbocycles. The summed E-state index contributed by atoms with van der Waals surface area (Å²) in [5.74, 6) is -1.05. The zero-order valence-electron chi connectivity index (χ0n) is 33.2. The molecular weight excluding hydrogens is 628 g/mol. The molecule has 0 unspecified atom stereocenters. The smallest absolute Gasteiger partial charge is 0.344 e. The van der Waals surface area contributed by atoms with E-state index >= 15 is 0 Å². The largest absolute Gasteiger partial charge is 0.482 e. The van der Waals surface area contributed by atoms with E-state index in [1.807, 2.05) is 12.1 Å². The third kappa shape index (κ3) is 38.2. The lowest BCUT2D eigenvalue weighted by molar-refractivity contribution is -0.146. The topological polar surface area (TPSA) is 110 Å². The molecule has 2 rings (SSSR count). The van der Waals surface area contributed by atoms with Crippen molar-refractivity contribution in [1.82, 2.24) is 0 Å². The van der Waals surface area contributed by atoms with Crippen molar-refractivity contribution in [2.75, 3.05) is 13.2 Å². The van der Waals surface area contributed by atoms with E-state index in [0.717, 1.165) is 45.3 Å². The Morgan fingerprint density at radius 2 is 0.920 bits per heavy atom. The van der Waals surface area contributed by atoms with Crippen LogP contribution in [0.15, 0.2) is 18.2 Å². The zero-order valence-corrected chi connectivity index (χ0v) is 33.2. The van der Waals surface area contributed by atoms with Gasteiger partial charge in [0.15, 0.2) is 6.61 Å². The molecule has 7 heteroatoms. The van der Waals surface area contributed by atoms with E-state index < -0.39 is 11.9 Å². The van der Waals surface area contributed by atoms with E-state index in [9.17, 15) is 4.79 Å². The molecule has 0 aliphatic heterocycles. The van der Waals surface area contributed by atoms with Gasteiger partial charge in [0.05, 0.1) is 6.61 Å². The Bertz CT molecular complexity index is 887. The van der Waals surface area contributed by atoms with Crippen LogP contribution in [0.1, 0.15) is 206 Å². The number of esters is 1. The highest BCUT2D eigenvalue weighted by atomic mass is 16.6. The lowest BCUT2D eigenvalue weighted by Crippen LogP contribution is -2.17. The summed E-state index contributed by atoms with van der Waals surface area (Å²) in [7, 11) is 0. The summed E-state index contributed by atoms with van der Waals surface area (Å²) < 4.78 is 11.1. The first-order valence-electron chi connectivity index (χ1n) is 20.5. The number of rotatable bonds is 26. The molecule has 1 aromatic rings. The van der Waals surface area contributed by atoms with E-state index in [4.69, 9.17) is 29.3 Å². The van der Waals surface area contributed by atoms with Gasteiger partial charge < -0.3 is 19.7 Å². The Morgan fingerprint density at radius 3 is 1.32 bits per heavy atom. The first-order valence-corrected chi connectivity index (χ1v) is 20.5. The van der Waals surface area contributed by atoms with Crippen LogP contribution < -0.4 is 4.74 Å². The average molecular weight is 707 g/mol. The predicted molar refractivity (Wildman–Crippen MR) is 209 cm³/mol. The fraction of sp³-hybridized carbons (Fsp3) is 0.791. The molecule has 0 amide bonds. The lowest BCUT2D eigenvalue weighted by Gasteiger charge is -2.19. The Hall–Kier alpha value is -2.57. The van der Waals surface area contributed by atoms with Gasteiger partial charge >= 0.3 is 5.97 Å². The predicted octanol–water partition coefficient (Wildman–Crippen LogP) is 12.7. The number of hydrogen-bond donors (Lipinski definition) is 2. The summed E-state index contributed by atoms with van der Waals surface area (Å²) >= 11 is 0. The van der Waals surface area contributed by atoms with Crippen molar-refractivity contribution in [1.29, 1.82) is 0 Å². The second kappa shape index (κ2) is 39.2. The molecule has 0 spiro atoms. The third-order valence-electron chi connectivity index (χ3n) is 8.67. The number of carbonyl (C=O) groups excluding carboxylic acids is 1. The molecule has 50 heavy (non-hydrogen) atoms. The molecule has 0 saturated heterocycles. The summed E-state index contributed by atoms with van der Waals surface area (Å²) in [5.41, 5.74) is 2.66. The van der Waals surface area contributed by atoms with Gasteiger partial charge in [-0.25, -0.2) is 4.79 Å². The maximum atomic E-state index is 12.0. The fourth-order valence-corrected chi connectivity index (χ4v) is 5.93. The first kappa shape index (κ1) is 49.5. The molecule has 2 N–H and O–H groups in total. The maximum Gasteiger partial charge on any atom is 0.344 e. The van der Waals surface area contributed by atoms with Crippen LogP contribution in [0.25, 0.3) is 0 Å². The van der Waals surface area contributed by atoms with E-state index in [1.165, 1.54) is 159 Å². The van der Waals surface area contributed by atoms with Crippen LogP contribution in [0.3, 0.4) is 0 Å². The zero-order chi connectivity index (χ0) is 37.5. The summed E-state index contributed by atoms with van der Waals surface area (Å²) in [6.45, 7) is 9.54. The first-order chi connectivity index (χ1) is 24.2. The summed E-state index contributed by atoms with van der Waals surface area (Å²) in [6.07, 6.45) is 36.2. The van der Waals surface area contributed by atoms with Crippen molar-refractivity contribution in [3.05, 3.63) is 29.3 Å². The van der Waals surface area contributed by atoms with Crippen molar-refractivity contribution < 1.29 is 34.1 Å². The number of carboxylic acids is 2. The van der Waals surface area contributed by atoms with Crippen LogP contribution in [0.2, 0.25) is 0 Å². The van der Waals surface area contributed by atoms with E-state index in [0.29, 0.717) is 6.61 Å². The van der Waals surface area contributed by atoms with Gasteiger partial charge in [-0.2, -0.15) is 0 Å². The molecule has 0 heterocycles. The van der Waals surface area contributed by atoms with E-state index in [1.54, 1.807) is 0 Å². The summed E-state index contributed by atoms with van der Waals surface area (Å²) in [4.78, 5) is 30.0. The third-order valence-corrected chi connectivity index (χ3v) is 8.67. The molecule has 0 saturated carbocycles. The Kier molecular flexibility index (Phi) is 38.9. The van der Waals surface area contributed by atoms with Crippen molar-refractivity contribution in [3.8, 4) is 5.75 Å². The monoisotopic (exact) mass is 707 g/mol. The van der Waals surface area contributed by atoms with Gasteiger partial charge in [0.25, 0.3) is 11.9 Å². The number of aliphatic carboxylic acids is 2. The minimum Gasteiger partial charge on any atom is -0.482 e. The van der Waals surface area contributed by atoms with E-state index in [2.05, 4.69) is 26.8 Å². The molecular formula is C43H78O7. The number of carbonyl (C=O) groups is 3. The molecule has 7 nitrogen and oxygen atoms in total. The number of fused-ring (bicyclic) bond motifs is 1. The molecule has 0 atom stereocenters. The summed E-state index contributed by atoms with van der Waals surface area (Å²) in [5, 5.41) is 14.8. The van der Waals surface area contributed by atoms with Crippen LogP contribution in [-0.4, -0.2) is 41.3 Å². The molecule has 0 bridgehead atoms. The van der Waals surface area contributed by atoms with Crippen LogP contribution in [0.5, 0.6) is 5.75 Å². The van der Waals surface area contributed by atoms with Gasteiger partial charge in [0.1, 0.15) is 5.75 Å². The van der Waals surface area contributed by atoms with Gasteiger partial charge in [-0.15, -0.1) is 0 Å². The Balaban J connectivity index is 0. The lowest BCUT2D eigenvalue weighted by atomic mass is 9.91. The quantitative estimate of drug-likeness (QED) is 0.0728. The van der Waals surface area contributed by atoms with Crippen molar-refractivity contribution >= 4 is 17.9 Å². The Morgan fingerprint density at radius 1 is 0.560 bits per heavy atom. The van der Waals surface area contributed by atoms with Crippen LogP contribution in [0, 0.1) is 0 Å². The number of hydrogen-bond acceptors (Lipinski definition) is 5. The van der Waals surface area contributed by atoms with Crippen LogP contribution in [-0.2, 0) is 32.0 Å². The van der Waals surface area contributed by atoms with Gasteiger partial charge in [0, 0.05) is 13.8 Å². The second-order valence-electron chi connectivity index (χ2n) is 13.7. The number of aryl methyl sites for hydroxylation is 1. The molecule has 0 aromatic heterocycles. The van der Waals surface area contributed by atoms with Gasteiger partial charge in [0.2, 0.25) is 0 Å². The second-order valence-corrected chi connectivity index (χ2v) is 13.7. The van der Waals surface area contributed by atoms with Gasteiger partial charge in [-0.1, -0.05) is 174 Å². The molecule has 1 aliphatic rings. The van der Waals surface area contributed by atoms with E-state index in [-0.39, 0.29) is 12.6 Å². The minimum absolute atomic E-state index is 0.0229. The minimum atomic E-state index is -0.833. The molecule has 0 fully saturated rings. The van der Waals surface area contributed by atoms with Gasteiger partial charge in [-0.05, 0) is 49.3 Å². The maximum absolute atomic E-state index is 12.0. The molecule has 1 aliphatic carbocycles. The number of ether oxygens (including phenoxy) is 2. The molecule has 0 radical (unpaired) electrons. The van der Waals surface area contributed by atoms with Gasteiger partial charge in [-0.3, -0.25) is 9.59 Å². The van der Waals surface area contributed by atoms with Crippen molar-refractivity contribution in [3.63, 3.8) is 0 Å². The standard InChI is InChI=1S/C28H46O3.C11H24.2C2H4O2/c1-2-3-4-5-6-7-8-9-10-11-12-13-14-17-23-30-28(29)24-31-27-22-18-20-25-19-15-16-21-26(25)27;1-3-5-7-9-11-10-8-6-4-2;2*1-2(3)4/h18,20,22H,2-17,19,21,23-24H2,1H3;3-11H2,1-2H3;2*1H3,(H,3,4). The molecule has 292 valence electrons. The van der Waals surface area contributed by atoms with Crippen LogP contribution in [0.4, 0.5) is 0 Å². The van der Waals surface area contributed by atoms with Crippen LogP contribution >= 0.6 is 0 Å². The number of benzene rings is 1. The number of unbranched alkanes of at least 4 members (excludes halogenated alkanes) is 21. The highest BCUT2D eigenvalue weighted by molar-refractivity contribution is 5.71. The average Bonchev–Trinajstić information content (AvgIpc) is 3.08. The normalized spacial score (nSPS) is 11.4. The summed E-state index contributed by atoms with van der Waals surface area (Å²) in [6, 6.07) is 6.18. The highest BCUT2D eigenvalue weighted by Gasteiger charge is 2.15. The highest BCUT2D eigenvalue weighted by Crippen LogP contribution is 2.29.